The fraction of sp³-hybridized carbons (Fsp3) is 0.500. The van der Waals surface area contributed by atoms with Crippen LogP contribution in [0, 0.1) is 18.8 Å². The molecule has 122 valence electrons. The van der Waals surface area contributed by atoms with Crippen LogP contribution in [0.4, 0.5) is 0 Å². The van der Waals surface area contributed by atoms with Crippen molar-refractivity contribution in [1.82, 2.24) is 9.88 Å². The Morgan fingerprint density at radius 3 is 2.91 bits per heavy atom. The minimum absolute atomic E-state index is 0.377. The first-order chi connectivity index (χ1) is 11.3. The lowest BCUT2D eigenvalue weighted by molar-refractivity contribution is 0.0899. The molecule has 3 atom stereocenters. The smallest absolute Gasteiger partial charge is 0.122 e. The molecule has 2 aromatic rings. The van der Waals surface area contributed by atoms with Gasteiger partial charge in [0.05, 0.1) is 19.3 Å². The van der Waals surface area contributed by atoms with E-state index < -0.39 is 0 Å². The predicted octanol–water partition coefficient (Wildman–Crippen LogP) is 2.98. The van der Waals surface area contributed by atoms with Crippen LogP contribution >= 0.6 is 11.3 Å². The van der Waals surface area contributed by atoms with Crippen molar-refractivity contribution in [2.24, 2.45) is 11.8 Å². The topological polar surface area (TPSA) is 34.6 Å². The normalized spacial score (nSPS) is 27.3. The van der Waals surface area contributed by atoms with E-state index in [1.807, 2.05) is 23.5 Å². The van der Waals surface area contributed by atoms with Gasteiger partial charge in [-0.1, -0.05) is 0 Å². The van der Waals surface area contributed by atoms with Crippen LogP contribution in [0.5, 0.6) is 5.75 Å². The van der Waals surface area contributed by atoms with Gasteiger partial charge in [-0.25, -0.2) is 0 Å². The number of hydrogen-bond donors (Lipinski definition) is 0. The van der Waals surface area contributed by atoms with E-state index in [-0.39, 0.29) is 0 Å². The quantitative estimate of drug-likeness (QED) is 0.844. The Morgan fingerprint density at radius 1 is 1.26 bits per heavy atom. The third-order valence-electron chi connectivity index (χ3n) is 4.80. The second kappa shape index (κ2) is 6.59. The van der Waals surface area contributed by atoms with Gasteiger partial charge in [-0.2, -0.15) is 0 Å². The van der Waals surface area contributed by atoms with Gasteiger partial charge in [0.25, 0.3) is 0 Å². The number of rotatable bonds is 5. The lowest BCUT2D eigenvalue weighted by atomic mass is 9.94. The molecule has 0 N–H and O–H groups in total. The summed E-state index contributed by atoms with van der Waals surface area (Å²) in [5.74, 6) is 1.98. The molecule has 23 heavy (non-hydrogen) atoms. The SMILES string of the molecule is Cc1ccc(CN2C[C@H]3[C@@H](COc4ccncc4)CO[C@H]3C2)s1. The maximum Gasteiger partial charge on any atom is 0.122 e. The highest BCUT2D eigenvalue weighted by atomic mass is 32.1. The Balaban J connectivity index is 1.32. The first-order valence-corrected chi connectivity index (χ1v) is 9.01. The van der Waals surface area contributed by atoms with Crippen molar-refractivity contribution in [2.75, 3.05) is 26.3 Å². The Hall–Kier alpha value is -1.43. The van der Waals surface area contributed by atoms with Gasteiger partial charge in [0.1, 0.15) is 5.75 Å². The minimum Gasteiger partial charge on any atom is -0.493 e. The summed E-state index contributed by atoms with van der Waals surface area (Å²) in [5, 5.41) is 0. The molecular weight excluding hydrogens is 308 g/mol. The molecule has 2 aliphatic heterocycles. The van der Waals surface area contributed by atoms with Crippen LogP contribution < -0.4 is 4.74 Å². The number of aryl methyl sites for hydroxylation is 1. The van der Waals surface area contributed by atoms with Gasteiger partial charge >= 0.3 is 0 Å². The Bertz CT molecular complexity index is 645. The molecule has 2 fully saturated rings. The summed E-state index contributed by atoms with van der Waals surface area (Å²) >= 11 is 1.90. The number of nitrogens with zero attached hydrogens (tertiary/aromatic N) is 2. The van der Waals surface area contributed by atoms with Gasteiger partial charge in [-0.05, 0) is 31.2 Å². The molecule has 0 aliphatic carbocycles. The van der Waals surface area contributed by atoms with Gasteiger partial charge in [0, 0.05) is 53.6 Å². The maximum absolute atomic E-state index is 6.02. The summed E-state index contributed by atoms with van der Waals surface area (Å²) in [7, 11) is 0. The summed E-state index contributed by atoms with van der Waals surface area (Å²) in [6, 6.07) is 8.28. The Morgan fingerprint density at radius 2 is 2.13 bits per heavy atom. The average Bonchev–Trinajstić information content (AvgIpc) is 3.23. The van der Waals surface area contributed by atoms with Crippen molar-refractivity contribution in [3.05, 3.63) is 46.4 Å². The predicted molar refractivity (Wildman–Crippen MR) is 90.8 cm³/mol. The molecule has 2 saturated heterocycles. The van der Waals surface area contributed by atoms with E-state index in [1.54, 1.807) is 12.4 Å². The summed E-state index contributed by atoms with van der Waals surface area (Å²) < 4.78 is 11.9. The molecule has 0 amide bonds. The van der Waals surface area contributed by atoms with Crippen molar-refractivity contribution in [3.8, 4) is 5.75 Å². The number of fused-ring (bicyclic) bond motifs is 1. The largest absolute Gasteiger partial charge is 0.493 e. The van der Waals surface area contributed by atoms with Gasteiger partial charge < -0.3 is 9.47 Å². The highest BCUT2D eigenvalue weighted by molar-refractivity contribution is 7.11. The fourth-order valence-electron chi connectivity index (χ4n) is 3.61. The summed E-state index contributed by atoms with van der Waals surface area (Å²) in [6.45, 7) is 6.94. The van der Waals surface area contributed by atoms with E-state index in [4.69, 9.17) is 9.47 Å². The average molecular weight is 330 g/mol. The monoisotopic (exact) mass is 330 g/mol. The van der Waals surface area contributed by atoms with Crippen LogP contribution in [0.2, 0.25) is 0 Å². The molecule has 0 unspecified atom stereocenters. The van der Waals surface area contributed by atoms with E-state index in [0.29, 0.717) is 17.9 Å². The highest BCUT2D eigenvalue weighted by Gasteiger charge is 2.44. The number of ether oxygens (including phenoxy) is 2. The zero-order valence-corrected chi connectivity index (χ0v) is 14.2. The first kappa shape index (κ1) is 15.1. The Kier molecular flexibility index (Phi) is 4.33. The molecule has 5 heteroatoms. The third-order valence-corrected chi connectivity index (χ3v) is 5.79. The molecule has 0 aromatic carbocycles. The van der Waals surface area contributed by atoms with Crippen LogP contribution in [0.1, 0.15) is 9.75 Å². The molecule has 0 saturated carbocycles. The highest BCUT2D eigenvalue weighted by Crippen LogP contribution is 2.35. The number of likely N-dealkylation sites (tertiary alicyclic amines) is 1. The molecule has 2 aromatic heterocycles. The lowest BCUT2D eigenvalue weighted by Gasteiger charge is -2.19. The molecule has 4 nitrogen and oxygen atoms in total. The third kappa shape index (κ3) is 3.42. The number of aromatic nitrogens is 1. The van der Waals surface area contributed by atoms with Crippen molar-refractivity contribution >= 4 is 11.3 Å². The number of hydrogen-bond acceptors (Lipinski definition) is 5. The van der Waals surface area contributed by atoms with Crippen LogP contribution in [-0.2, 0) is 11.3 Å². The summed E-state index contributed by atoms with van der Waals surface area (Å²) in [4.78, 5) is 9.39. The molecule has 4 heterocycles. The van der Waals surface area contributed by atoms with Crippen LogP contribution in [-0.4, -0.2) is 42.3 Å². The van der Waals surface area contributed by atoms with Gasteiger partial charge in [-0.3, -0.25) is 9.88 Å². The molecule has 0 bridgehead atoms. The van der Waals surface area contributed by atoms with Crippen molar-refractivity contribution in [3.63, 3.8) is 0 Å². The summed E-state index contributed by atoms with van der Waals surface area (Å²) in [5.41, 5.74) is 0. The Labute approximate surface area is 141 Å². The lowest BCUT2D eigenvalue weighted by Crippen LogP contribution is -2.26. The molecule has 4 rings (SSSR count). The standard InChI is InChI=1S/C18H22N2O2S/c1-13-2-3-16(23-13)8-20-9-17-14(12-22-18(17)10-20)11-21-15-4-6-19-7-5-15/h2-7,14,17-18H,8-12H2,1H3/t14-,17-,18-/m0/s1. The zero-order chi connectivity index (χ0) is 15.6. The molecule has 0 radical (unpaired) electrons. The van der Waals surface area contributed by atoms with Crippen LogP contribution in [0.3, 0.4) is 0 Å². The van der Waals surface area contributed by atoms with Gasteiger partial charge in [-0.15, -0.1) is 11.3 Å². The molecular formula is C18H22N2O2S. The second-order valence-corrected chi connectivity index (χ2v) is 7.87. The number of thiophene rings is 1. The van der Waals surface area contributed by atoms with Crippen molar-refractivity contribution in [1.29, 1.82) is 0 Å². The fourth-order valence-corrected chi connectivity index (χ4v) is 4.54. The van der Waals surface area contributed by atoms with Crippen LogP contribution in [0.25, 0.3) is 0 Å². The zero-order valence-electron chi connectivity index (χ0n) is 13.4. The van der Waals surface area contributed by atoms with Crippen molar-refractivity contribution < 1.29 is 9.47 Å². The second-order valence-electron chi connectivity index (χ2n) is 6.50. The van der Waals surface area contributed by atoms with E-state index >= 15 is 0 Å². The van der Waals surface area contributed by atoms with Gasteiger partial charge in [0.2, 0.25) is 0 Å². The van der Waals surface area contributed by atoms with Gasteiger partial charge in [0.15, 0.2) is 0 Å². The van der Waals surface area contributed by atoms with E-state index in [0.717, 1.165) is 38.6 Å². The van der Waals surface area contributed by atoms with Crippen molar-refractivity contribution in [2.45, 2.75) is 19.6 Å². The first-order valence-electron chi connectivity index (χ1n) is 8.20. The van der Waals surface area contributed by atoms with Crippen LogP contribution in [0.15, 0.2) is 36.7 Å². The minimum atomic E-state index is 0.377. The number of pyridine rings is 1. The molecule has 2 aliphatic rings. The van der Waals surface area contributed by atoms with E-state index in [2.05, 4.69) is 28.9 Å². The summed E-state index contributed by atoms with van der Waals surface area (Å²) in [6.07, 6.45) is 3.91. The van der Waals surface area contributed by atoms with E-state index in [9.17, 15) is 0 Å². The maximum atomic E-state index is 6.02. The molecule has 0 spiro atoms. The van der Waals surface area contributed by atoms with E-state index in [1.165, 1.54) is 9.75 Å².